The average Bonchev–Trinajstić information content (AvgIpc) is 2.99. The van der Waals surface area contributed by atoms with Gasteiger partial charge in [-0.2, -0.15) is 0 Å². The molecule has 0 radical (unpaired) electrons. The van der Waals surface area contributed by atoms with Crippen LogP contribution in [-0.2, 0) is 23.1 Å². The van der Waals surface area contributed by atoms with Crippen molar-refractivity contribution in [2.45, 2.75) is 91.3 Å². The molecule has 6 heteroatoms. The zero-order chi connectivity index (χ0) is 18.8. The smallest absolute Gasteiger partial charge is 0.328 e. The minimum absolute atomic E-state index is 0.00181. The van der Waals surface area contributed by atoms with Crippen molar-refractivity contribution in [2.75, 3.05) is 13.3 Å². The number of hydrogen-bond donors (Lipinski definition) is 0. The first-order valence-corrected chi connectivity index (χ1v) is 11.8. The summed E-state index contributed by atoms with van der Waals surface area (Å²) in [6.07, 6.45) is 2.92. The van der Waals surface area contributed by atoms with Crippen LogP contribution in [0.1, 0.15) is 60.8 Å². The van der Waals surface area contributed by atoms with Gasteiger partial charge >= 0.3 is 7.60 Å². The number of ether oxygens (including phenoxy) is 2. The Labute approximate surface area is 153 Å². The monoisotopic (exact) mass is 376 g/mol. The van der Waals surface area contributed by atoms with Gasteiger partial charge in [0.1, 0.15) is 0 Å². The maximum absolute atomic E-state index is 12.9. The van der Waals surface area contributed by atoms with E-state index in [1.165, 1.54) is 0 Å². The van der Waals surface area contributed by atoms with Gasteiger partial charge in [0, 0.05) is 13.1 Å². The zero-order valence-electron chi connectivity index (χ0n) is 16.9. The van der Waals surface area contributed by atoms with Crippen LogP contribution in [-0.4, -0.2) is 43.8 Å². The molecular weight excluding hydrogens is 339 g/mol. The fourth-order valence-corrected chi connectivity index (χ4v) is 5.24. The molecule has 0 spiro atoms. The normalized spacial score (nSPS) is 38.6. The van der Waals surface area contributed by atoms with Gasteiger partial charge in [-0.15, -0.1) is 0 Å². The summed E-state index contributed by atoms with van der Waals surface area (Å²) in [5, 5.41) is 0. The molecule has 7 atom stereocenters. The van der Waals surface area contributed by atoms with Gasteiger partial charge in [-0.25, -0.2) is 0 Å². The summed E-state index contributed by atoms with van der Waals surface area (Å²) in [5.41, 5.74) is 0. The van der Waals surface area contributed by atoms with Gasteiger partial charge in [0.25, 0.3) is 0 Å². The molecule has 148 valence electrons. The van der Waals surface area contributed by atoms with Crippen LogP contribution in [0, 0.1) is 17.8 Å². The Kier molecular flexibility index (Phi) is 7.56. The number of hydrogen-bond acceptors (Lipinski definition) is 5. The van der Waals surface area contributed by atoms with Crippen molar-refractivity contribution in [1.82, 2.24) is 0 Å². The van der Waals surface area contributed by atoms with Crippen LogP contribution in [0.2, 0.25) is 0 Å². The molecule has 0 aromatic heterocycles. The van der Waals surface area contributed by atoms with Gasteiger partial charge in [0.15, 0.2) is 0 Å². The number of rotatable bonds is 8. The van der Waals surface area contributed by atoms with Crippen molar-refractivity contribution in [3.8, 4) is 0 Å². The van der Waals surface area contributed by atoms with Crippen LogP contribution in [0.5, 0.6) is 0 Å². The fourth-order valence-electron chi connectivity index (χ4n) is 4.04. The van der Waals surface area contributed by atoms with Crippen molar-refractivity contribution >= 4 is 7.60 Å². The molecule has 2 aliphatic heterocycles. The summed E-state index contributed by atoms with van der Waals surface area (Å²) >= 11 is 0. The van der Waals surface area contributed by atoms with E-state index in [9.17, 15) is 4.57 Å². The molecule has 0 aliphatic carbocycles. The van der Waals surface area contributed by atoms with Crippen molar-refractivity contribution in [3.05, 3.63) is 0 Å². The molecule has 0 aromatic carbocycles. The van der Waals surface area contributed by atoms with Crippen LogP contribution in [0.25, 0.3) is 0 Å². The Morgan fingerprint density at radius 1 is 1.04 bits per heavy atom. The second-order valence-corrected chi connectivity index (χ2v) is 10.7. The van der Waals surface area contributed by atoms with Gasteiger partial charge in [-0.3, -0.25) is 4.57 Å². The second kappa shape index (κ2) is 8.84. The molecule has 0 amide bonds. The Hall–Kier alpha value is 0.0700. The standard InChI is InChI=1S/C19H37O5P/c1-12(2)8-17-18(10-15(6)22-17)24-25(7,20)21-11-19-16(13(3)4)9-14(5)23-19/h12-19H,8-11H2,1-7H3/t14-,15-,16-,17+,18+,19+,25?/m0/s1. The van der Waals surface area contributed by atoms with Crippen molar-refractivity contribution in [3.63, 3.8) is 0 Å². The van der Waals surface area contributed by atoms with Gasteiger partial charge in [0.2, 0.25) is 0 Å². The summed E-state index contributed by atoms with van der Waals surface area (Å²) in [7, 11) is -3.14. The minimum atomic E-state index is -3.14. The van der Waals surface area contributed by atoms with Crippen LogP contribution < -0.4 is 0 Å². The predicted molar refractivity (Wildman–Crippen MR) is 100 cm³/mol. The van der Waals surface area contributed by atoms with E-state index in [1.807, 2.05) is 6.92 Å². The first-order chi connectivity index (χ1) is 11.6. The molecule has 1 unspecified atom stereocenters. The van der Waals surface area contributed by atoms with E-state index in [2.05, 4.69) is 34.6 Å². The molecule has 5 nitrogen and oxygen atoms in total. The summed E-state index contributed by atoms with van der Waals surface area (Å²) < 4.78 is 36.4. The highest BCUT2D eigenvalue weighted by atomic mass is 31.2. The van der Waals surface area contributed by atoms with Crippen molar-refractivity contribution < 1.29 is 23.1 Å². The van der Waals surface area contributed by atoms with Crippen molar-refractivity contribution in [2.24, 2.45) is 17.8 Å². The Morgan fingerprint density at radius 2 is 1.64 bits per heavy atom. The second-order valence-electron chi connectivity index (χ2n) is 8.69. The molecule has 0 bridgehead atoms. The molecule has 0 N–H and O–H groups in total. The van der Waals surface area contributed by atoms with Gasteiger partial charge < -0.3 is 18.5 Å². The Morgan fingerprint density at radius 3 is 2.24 bits per heavy atom. The molecule has 2 saturated heterocycles. The zero-order valence-corrected chi connectivity index (χ0v) is 17.8. The first kappa shape index (κ1) is 21.4. The van der Waals surface area contributed by atoms with Gasteiger partial charge in [0.05, 0.1) is 37.1 Å². The molecule has 0 aromatic rings. The van der Waals surface area contributed by atoms with Crippen LogP contribution in [0.15, 0.2) is 0 Å². The third-order valence-corrected chi connectivity index (χ3v) is 6.51. The third-order valence-electron chi connectivity index (χ3n) is 5.23. The van der Waals surface area contributed by atoms with E-state index in [4.69, 9.17) is 18.5 Å². The summed E-state index contributed by atoms with van der Waals surface area (Å²) in [6, 6.07) is 0. The van der Waals surface area contributed by atoms with E-state index < -0.39 is 7.60 Å². The highest BCUT2D eigenvalue weighted by Crippen LogP contribution is 2.49. The molecule has 2 fully saturated rings. The molecule has 2 rings (SSSR count). The van der Waals surface area contributed by atoms with E-state index >= 15 is 0 Å². The average molecular weight is 376 g/mol. The van der Waals surface area contributed by atoms with E-state index in [-0.39, 0.29) is 30.5 Å². The summed E-state index contributed by atoms with van der Waals surface area (Å²) in [4.78, 5) is 0. The molecular formula is C19H37O5P. The first-order valence-electron chi connectivity index (χ1n) is 9.78. The highest BCUT2D eigenvalue weighted by Gasteiger charge is 2.40. The van der Waals surface area contributed by atoms with Gasteiger partial charge in [-0.1, -0.05) is 27.7 Å². The maximum atomic E-state index is 12.9. The van der Waals surface area contributed by atoms with E-state index in [0.29, 0.717) is 24.4 Å². The van der Waals surface area contributed by atoms with Gasteiger partial charge in [-0.05, 0) is 44.4 Å². The fraction of sp³-hybridized carbons (Fsp3) is 1.00. The van der Waals surface area contributed by atoms with Crippen LogP contribution >= 0.6 is 7.60 Å². The highest BCUT2D eigenvalue weighted by molar-refractivity contribution is 7.53. The quantitative estimate of drug-likeness (QED) is 0.565. The lowest BCUT2D eigenvalue weighted by Crippen LogP contribution is -2.28. The van der Waals surface area contributed by atoms with Crippen LogP contribution in [0.3, 0.4) is 0 Å². The summed E-state index contributed by atoms with van der Waals surface area (Å²) in [6.45, 7) is 14.8. The maximum Gasteiger partial charge on any atom is 0.328 e. The molecule has 2 aliphatic rings. The summed E-state index contributed by atoms with van der Waals surface area (Å²) in [5.74, 6) is 1.48. The topological polar surface area (TPSA) is 54.0 Å². The van der Waals surface area contributed by atoms with Crippen molar-refractivity contribution in [1.29, 1.82) is 0 Å². The molecule has 0 saturated carbocycles. The van der Waals surface area contributed by atoms with E-state index in [1.54, 1.807) is 6.66 Å². The third kappa shape index (κ3) is 6.32. The van der Waals surface area contributed by atoms with E-state index in [0.717, 1.165) is 19.3 Å². The lowest BCUT2D eigenvalue weighted by atomic mass is 9.88. The Bertz CT molecular complexity index is 467. The Balaban J connectivity index is 1.89. The molecule has 25 heavy (non-hydrogen) atoms. The SMILES string of the molecule is CC(C)C[C@H]1O[C@@H](C)C[C@H]1OP(C)(=O)OC[C@H]1O[C@@H](C)C[C@H]1C(C)C. The molecule has 2 heterocycles. The predicted octanol–water partition coefficient (Wildman–Crippen LogP) is 4.88. The lowest BCUT2D eigenvalue weighted by Gasteiger charge is -2.26. The lowest BCUT2D eigenvalue weighted by molar-refractivity contribution is -0.00892. The largest absolute Gasteiger partial charge is 0.373 e. The minimum Gasteiger partial charge on any atom is -0.373 e. The van der Waals surface area contributed by atoms with Crippen LogP contribution in [0.4, 0.5) is 0 Å².